The van der Waals surface area contributed by atoms with Gasteiger partial charge in [0.1, 0.15) is 12.1 Å². The molecule has 1 unspecified atom stereocenters. The monoisotopic (exact) mass is 435 g/mol. The SMILES string of the molecule is Cc1cc(C)n(-c2cc(N3CCCC(C(=O)Nc4ccc([N+](=O)[O-])cc4C)C3)ncn2)n1. The van der Waals surface area contributed by atoms with Gasteiger partial charge in [-0.05, 0) is 51.3 Å². The summed E-state index contributed by atoms with van der Waals surface area (Å²) in [6, 6.07) is 8.32. The van der Waals surface area contributed by atoms with E-state index in [1.165, 1.54) is 18.5 Å². The Kier molecular flexibility index (Phi) is 5.85. The fraction of sp³-hybridized carbons (Fsp3) is 0.364. The van der Waals surface area contributed by atoms with Crippen LogP contribution in [0.3, 0.4) is 0 Å². The first-order chi connectivity index (χ1) is 15.3. The van der Waals surface area contributed by atoms with Crippen molar-refractivity contribution in [3.63, 3.8) is 0 Å². The zero-order valence-electron chi connectivity index (χ0n) is 18.3. The number of aromatic nitrogens is 4. The molecule has 0 radical (unpaired) electrons. The van der Waals surface area contributed by atoms with Gasteiger partial charge in [0, 0.05) is 42.7 Å². The van der Waals surface area contributed by atoms with Crippen molar-refractivity contribution in [1.29, 1.82) is 0 Å². The summed E-state index contributed by atoms with van der Waals surface area (Å²) in [6.45, 7) is 6.99. The van der Waals surface area contributed by atoms with Crippen LogP contribution in [0.2, 0.25) is 0 Å². The smallest absolute Gasteiger partial charge is 0.269 e. The number of benzene rings is 1. The van der Waals surface area contributed by atoms with Gasteiger partial charge in [-0.2, -0.15) is 5.10 Å². The zero-order chi connectivity index (χ0) is 22.8. The van der Waals surface area contributed by atoms with Gasteiger partial charge in [-0.1, -0.05) is 0 Å². The largest absolute Gasteiger partial charge is 0.356 e. The number of hydrogen-bond acceptors (Lipinski definition) is 7. The number of anilines is 2. The van der Waals surface area contributed by atoms with Crippen LogP contribution in [0, 0.1) is 36.8 Å². The van der Waals surface area contributed by atoms with Gasteiger partial charge in [-0.15, -0.1) is 0 Å². The number of aryl methyl sites for hydroxylation is 3. The average molecular weight is 435 g/mol. The summed E-state index contributed by atoms with van der Waals surface area (Å²) < 4.78 is 1.78. The number of rotatable bonds is 5. The molecule has 1 aromatic carbocycles. The Hall–Kier alpha value is -3.82. The molecule has 1 saturated heterocycles. The molecule has 32 heavy (non-hydrogen) atoms. The standard InChI is InChI=1S/C22H25N7O3/c1-14-9-18(29(31)32)6-7-19(14)25-22(30)17-5-4-8-27(12-17)20-11-21(24-13-23-20)28-16(3)10-15(2)26-28/h6-7,9-11,13,17H,4-5,8,12H2,1-3H3,(H,25,30). The van der Waals surface area contributed by atoms with Gasteiger partial charge in [0.05, 0.1) is 16.5 Å². The van der Waals surface area contributed by atoms with E-state index in [0.717, 1.165) is 36.6 Å². The molecule has 4 rings (SSSR count). The molecular weight excluding hydrogens is 410 g/mol. The van der Waals surface area contributed by atoms with Crippen LogP contribution in [0.4, 0.5) is 17.2 Å². The Balaban J connectivity index is 1.48. The average Bonchev–Trinajstić information content (AvgIpc) is 3.13. The third-order valence-electron chi connectivity index (χ3n) is 5.66. The number of carbonyl (C=O) groups excluding carboxylic acids is 1. The maximum Gasteiger partial charge on any atom is 0.269 e. The number of piperidine rings is 1. The maximum absolute atomic E-state index is 12.9. The predicted molar refractivity (Wildman–Crippen MR) is 120 cm³/mol. The lowest BCUT2D eigenvalue weighted by Gasteiger charge is -2.33. The van der Waals surface area contributed by atoms with Crippen molar-refractivity contribution >= 4 is 23.1 Å². The van der Waals surface area contributed by atoms with Crippen LogP contribution < -0.4 is 10.2 Å². The van der Waals surface area contributed by atoms with Crippen LogP contribution in [-0.2, 0) is 4.79 Å². The highest BCUT2D eigenvalue weighted by Crippen LogP contribution is 2.26. The normalized spacial score (nSPS) is 16.1. The Morgan fingerprint density at radius 1 is 1.16 bits per heavy atom. The van der Waals surface area contributed by atoms with Gasteiger partial charge in [0.15, 0.2) is 5.82 Å². The van der Waals surface area contributed by atoms with Crippen molar-refractivity contribution in [2.24, 2.45) is 5.92 Å². The van der Waals surface area contributed by atoms with E-state index in [4.69, 9.17) is 0 Å². The number of nitrogens with zero attached hydrogens (tertiary/aromatic N) is 6. The predicted octanol–water partition coefficient (Wildman–Crippen LogP) is 3.35. The molecule has 1 atom stereocenters. The van der Waals surface area contributed by atoms with Crippen molar-refractivity contribution < 1.29 is 9.72 Å². The van der Waals surface area contributed by atoms with Gasteiger partial charge in [-0.25, -0.2) is 14.6 Å². The molecule has 0 saturated carbocycles. The van der Waals surface area contributed by atoms with E-state index in [-0.39, 0.29) is 17.5 Å². The molecule has 1 N–H and O–H groups in total. The molecular formula is C22H25N7O3. The topological polar surface area (TPSA) is 119 Å². The van der Waals surface area contributed by atoms with Crippen molar-refractivity contribution in [2.75, 3.05) is 23.3 Å². The highest BCUT2D eigenvalue weighted by molar-refractivity contribution is 5.93. The lowest BCUT2D eigenvalue weighted by Crippen LogP contribution is -2.41. The van der Waals surface area contributed by atoms with Crippen molar-refractivity contribution in [1.82, 2.24) is 19.7 Å². The summed E-state index contributed by atoms with van der Waals surface area (Å²) in [7, 11) is 0. The summed E-state index contributed by atoms with van der Waals surface area (Å²) in [6.07, 6.45) is 3.14. The number of nitro groups is 1. The van der Waals surface area contributed by atoms with Gasteiger partial charge >= 0.3 is 0 Å². The number of nitrogens with one attached hydrogen (secondary N) is 1. The fourth-order valence-corrected chi connectivity index (χ4v) is 4.02. The van der Waals surface area contributed by atoms with Crippen molar-refractivity contribution in [2.45, 2.75) is 33.6 Å². The lowest BCUT2D eigenvalue weighted by atomic mass is 9.97. The highest BCUT2D eigenvalue weighted by Gasteiger charge is 2.27. The Labute approximate surface area is 185 Å². The molecule has 0 bridgehead atoms. The van der Waals surface area contributed by atoms with Crippen LogP contribution in [0.1, 0.15) is 29.8 Å². The second-order valence-electron chi connectivity index (χ2n) is 8.10. The van der Waals surface area contributed by atoms with Gasteiger partial charge in [0.2, 0.25) is 5.91 Å². The number of amides is 1. The highest BCUT2D eigenvalue weighted by atomic mass is 16.6. The van der Waals surface area contributed by atoms with E-state index in [2.05, 4.69) is 25.3 Å². The minimum Gasteiger partial charge on any atom is -0.356 e. The van der Waals surface area contributed by atoms with E-state index in [9.17, 15) is 14.9 Å². The molecule has 166 valence electrons. The maximum atomic E-state index is 12.9. The van der Waals surface area contributed by atoms with Gasteiger partial charge < -0.3 is 10.2 Å². The first-order valence-corrected chi connectivity index (χ1v) is 10.5. The Morgan fingerprint density at radius 3 is 2.62 bits per heavy atom. The third-order valence-corrected chi connectivity index (χ3v) is 5.66. The number of carbonyl (C=O) groups is 1. The van der Waals surface area contributed by atoms with Gasteiger partial charge in [-0.3, -0.25) is 14.9 Å². The minimum atomic E-state index is -0.445. The Morgan fingerprint density at radius 2 is 1.94 bits per heavy atom. The van der Waals surface area contributed by atoms with Crippen LogP contribution in [-0.4, -0.2) is 43.7 Å². The second-order valence-corrected chi connectivity index (χ2v) is 8.10. The summed E-state index contributed by atoms with van der Waals surface area (Å²) in [5, 5.41) is 18.4. The first kappa shape index (κ1) is 21.4. The number of nitro benzene ring substituents is 1. The van der Waals surface area contributed by atoms with Gasteiger partial charge in [0.25, 0.3) is 5.69 Å². The molecule has 10 heteroatoms. The number of hydrogen-bond donors (Lipinski definition) is 1. The molecule has 1 aliphatic rings. The molecule has 3 heterocycles. The van der Waals surface area contributed by atoms with E-state index >= 15 is 0 Å². The summed E-state index contributed by atoms with van der Waals surface area (Å²) in [5.41, 5.74) is 3.16. The molecule has 0 aliphatic carbocycles. The Bertz CT molecular complexity index is 1170. The fourth-order valence-electron chi connectivity index (χ4n) is 4.02. The lowest BCUT2D eigenvalue weighted by molar-refractivity contribution is -0.384. The molecule has 1 amide bonds. The summed E-state index contributed by atoms with van der Waals surface area (Å²) >= 11 is 0. The van der Waals surface area contributed by atoms with Crippen molar-refractivity contribution in [3.8, 4) is 5.82 Å². The summed E-state index contributed by atoms with van der Waals surface area (Å²) in [4.78, 5) is 34.3. The quantitative estimate of drug-likeness (QED) is 0.482. The minimum absolute atomic E-state index is 0.00604. The van der Waals surface area contributed by atoms with E-state index < -0.39 is 4.92 Å². The van der Waals surface area contributed by atoms with E-state index in [0.29, 0.717) is 23.6 Å². The van der Waals surface area contributed by atoms with Crippen LogP contribution >= 0.6 is 0 Å². The third kappa shape index (κ3) is 4.43. The first-order valence-electron chi connectivity index (χ1n) is 10.5. The molecule has 1 fully saturated rings. The van der Waals surface area contributed by atoms with Crippen LogP contribution in [0.15, 0.2) is 36.7 Å². The molecule has 3 aromatic rings. The molecule has 1 aliphatic heterocycles. The zero-order valence-corrected chi connectivity index (χ0v) is 18.3. The molecule has 0 spiro atoms. The van der Waals surface area contributed by atoms with Crippen LogP contribution in [0.25, 0.3) is 5.82 Å². The molecule has 10 nitrogen and oxygen atoms in total. The second kappa shape index (κ2) is 8.74. The van der Waals surface area contributed by atoms with Crippen LogP contribution in [0.5, 0.6) is 0 Å². The summed E-state index contributed by atoms with van der Waals surface area (Å²) in [5.74, 6) is 1.13. The number of non-ortho nitro benzene ring substituents is 1. The molecule has 2 aromatic heterocycles. The van der Waals surface area contributed by atoms with E-state index in [1.54, 1.807) is 17.7 Å². The van der Waals surface area contributed by atoms with E-state index in [1.807, 2.05) is 26.0 Å². The van der Waals surface area contributed by atoms with Crippen molar-refractivity contribution in [3.05, 3.63) is 63.7 Å².